The molecule has 1 heterocycles. The summed E-state index contributed by atoms with van der Waals surface area (Å²) in [5, 5.41) is 12.0. The summed E-state index contributed by atoms with van der Waals surface area (Å²) in [5.41, 5.74) is 4.07. The van der Waals surface area contributed by atoms with Crippen LogP contribution in [-0.2, 0) is 4.79 Å². The minimum absolute atomic E-state index is 0.0581. The molecule has 1 N–H and O–H groups in total. The van der Waals surface area contributed by atoms with Crippen molar-refractivity contribution in [3.05, 3.63) is 65.5 Å². The summed E-state index contributed by atoms with van der Waals surface area (Å²) in [6.07, 6.45) is 0. The molecule has 3 aromatic rings. The van der Waals surface area contributed by atoms with Gasteiger partial charge in [-0.1, -0.05) is 47.7 Å². The maximum absolute atomic E-state index is 12.3. The van der Waals surface area contributed by atoms with Crippen molar-refractivity contribution in [2.45, 2.75) is 25.9 Å². The molecule has 0 aliphatic heterocycles. The fourth-order valence-corrected chi connectivity index (χ4v) is 3.38. The van der Waals surface area contributed by atoms with Crippen LogP contribution in [0.4, 0.5) is 5.69 Å². The Morgan fingerprint density at radius 3 is 2.56 bits per heavy atom. The molecule has 3 rings (SSSR count). The van der Waals surface area contributed by atoms with Crippen LogP contribution in [0.15, 0.2) is 53.7 Å². The van der Waals surface area contributed by atoms with Crippen LogP contribution in [0.3, 0.4) is 0 Å². The molecule has 0 fully saturated rings. The number of aryl methyl sites for hydroxylation is 3. The molecule has 0 atom stereocenters. The molecule has 1 amide bonds. The zero-order valence-corrected chi connectivity index (χ0v) is 15.3. The Morgan fingerprint density at radius 1 is 1.08 bits per heavy atom. The maximum Gasteiger partial charge on any atom is 0.234 e. The highest BCUT2D eigenvalue weighted by molar-refractivity contribution is 7.99. The Hall–Kier alpha value is -2.60. The van der Waals surface area contributed by atoms with Crippen molar-refractivity contribution in [3.63, 3.8) is 0 Å². The number of benzene rings is 2. The third-order valence-electron chi connectivity index (χ3n) is 3.80. The number of nitrogens with zero attached hydrogens (tertiary/aromatic N) is 3. The predicted molar refractivity (Wildman–Crippen MR) is 101 cm³/mol. The Labute approximate surface area is 151 Å². The quantitative estimate of drug-likeness (QED) is 0.707. The highest BCUT2D eigenvalue weighted by atomic mass is 32.2. The van der Waals surface area contributed by atoms with Gasteiger partial charge in [-0.3, -0.25) is 9.36 Å². The lowest BCUT2D eigenvalue weighted by molar-refractivity contribution is -0.113. The molecule has 0 spiro atoms. The van der Waals surface area contributed by atoms with E-state index in [4.69, 9.17) is 0 Å². The number of hydrogen-bond acceptors (Lipinski definition) is 4. The largest absolute Gasteiger partial charge is 0.325 e. The Morgan fingerprint density at radius 2 is 1.84 bits per heavy atom. The van der Waals surface area contributed by atoms with E-state index in [9.17, 15) is 4.79 Å². The Balaban J connectivity index is 1.69. The summed E-state index contributed by atoms with van der Waals surface area (Å²) in [4.78, 5) is 12.3. The van der Waals surface area contributed by atoms with E-state index < -0.39 is 0 Å². The highest BCUT2D eigenvalue weighted by Gasteiger charge is 2.13. The van der Waals surface area contributed by atoms with Gasteiger partial charge >= 0.3 is 0 Å². The van der Waals surface area contributed by atoms with E-state index in [2.05, 4.69) is 21.6 Å². The van der Waals surface area contributed by atoms with E-state index >= 15 is 0 Å². The molecule has 1 aromatic heterocycles. The summed E-state index contributed by atoms with van der Waals surface area (Å²) in [7, 11) is 0. The average molecular weight is 352 g/mol. The van der Waals surface area contributed by atoms with E-state index in [-0.39, 0.29) is 11.7 Å². The molecule has 0 unspecified atom stereocenters. The lowest BCUT2D eigenvalue weighted by atomic mass is 10.1. The van der Waals surface area contributed by atoms with Gasteiger partial charge in [0.15, 0.2) is 5.16 Å². The van der Waals surface area contributed by atoms with E-state index in [1.165, 1.54) is 17.3 Å². The summed E-state index contributed by atoms with van der Waals surface area (Å²) < 4.78 is 1.95. The second-order valence-electron chi connectivity index (χ2n) is 5.86. The van der Waals surface area contributed by atoms with Crippen LogP contribution in [0.1, 0.15) is 17.0 Å². The second-order valence-corrected chi connectivity index (χ2v) is 6.80. The molecule has 6 heteroatoms. The summed E-state index contributed by atoms with van der Waals surface area (Å²) in [6, 6.07) is 15.9. The molecule has 0 saturated heterocycles. The zero-order chi connectivity index (χ0) is 17.8. The van der Waals surface area contributed by atoms with Crippen LogP contribution in [0, 0.1) is 20.8 Å². The molecule has 0 aliphatic carbocycles. The minimum Gasteiger partial charge on any atom is -0.325 e. The first-order chi connectivity index (χ1) is 12.0. The SMILES string of the molecule is Cc1ccc(NC(=O)CSc2nnc(C)n2-c2ccccc2)c(C)c1. The van der Waals surface area contributed by atoms with Crippen molar-refractivity contribution in [3.8, 4) is 5.69 Å². The zero-order valence-electron chi connectivity index (χ0n) is 14.5. The fraction of sp³-hybridized carbons (Fsp3) is 0.211. The number of amides is 1. The molecular weight excluding hydrogens is 332 g/mol. The van der Waals surface area contributed by atoms with Crippen LogP contribution in [0.25, 0.3) is 5.69 Å². The number of nitrogens with one attached hydrogen (secondary N) is 1. The van der Waals surface area contributed by atoms with Gasteiger partial charge in [0.1, 0.15) is 5.82 Å². The van der Waals surface area contributed by atoms with Crippen molar-refractivity contribution in [2.75, 3.05) is 11.1 Å². The first kappa shape index (κ1) is 17.2. The topological polar surface area (TPSA) is 59.8 Å². The van der Waals surface area contributed by atoms with Crippen molar-refractivity contribution in [1.29, 1.82) is 0 Å². The lowest BCUT2D eigenvalue weighted by Gasteiger charge is -2.10. The van der Waals surface area contributed by atoms with Crippen LogP contribution < -0.4 is 5.32 Å². The number of hydrogen-bond donors (Lipinski definition) is 1. The minimum atomic E-state index is -0.0581. The number of carbonyl (C=O) groups is 1. The van der Waals surface area contributed by atoms with E-state index in [0.29, 0.717) is 5.16 Å². The second kappa shape index (κ2) is 7.53. The number of aromatic nitrogens is 3. The standard InChI is InChI=1S/C19H20N4OS/c1-13-9-10-17(14(2)11-13)20-18(24)12-25-19-22-21-15(3)23(19)16-7-5-4-6-8-16/h4-11H,12H2,1-3H3,(H,20,24). The highest BCUT2D eigenvalue weighted by Crippen LogP contribution is 2.22. The third-order valence-corrected chi connectivity index (χ3v) is 4.73. The Kier molecular flexibility index (Phi) is 5.19. The van der Waals surface area contributed by atoms with Crippen LogP contribution in [-0.4, -0.2) is 26.4 Å². The normalized spacial score (nSPS) is 10.7. The molecule has 5 nitrogen and oxygen atoms in total. The van der Waals surface area contributed by atoms with Crippen molar-refractivity contribution < 1.29 is 4.79 Å². The van der Waals surface area contributed by atoms with E-state index in [1.54, 1.807) is 0 Å². The van der Waals surface area contributed by atoms with Gasteiger partial charge < -0.3 is 5.32 Å². The molecule has 0 aliphatic rings. The average Bonchev–Trinajstić information content (AvgIpc) is 2.97. The van der Waals surface area contributed by atoms with Crippen LogP contribution in [0.2, 0.25) is 0 Å². The smallest absolute Gasteiger partial charge is 0.234 e. The first-order valence-electron chi connectivity index (χ1n) is 8.02. The number of para-hydroxylation sites is 1. The van der Waals surface area contributed by atoms with Crippen molar-refractivity contribution in [1.82, 2.24) is 14.8 Å². The van der Waals surface area contributed by atoms with Crippen molar-refractivity contribution in [2.24, 2.45) is 0 Å². The van der Waals surface area contributed by atoms with Gasteiger partial charge in [0.2, 0.25) is 5.91 Å². The van der Waals surface area contributed by atoms with Crippen molar-refractivity contribution >= 4 is 23.4 Å². The molecule has 128 valence electrons. The molecule has 25 heavy (non-hydrogen) atoms. The molecule has 0 radical (unpaired) electrons. The fourth-order valence-electron chi connectivity index (χ4n) is 2.58. The monoisotopic (exact) mass is 352 g/mol. The summed E-state index contributed by atoms with van der Waals surface area (Å²) >= 11 is 1.38. The molecular formula is C19H20N4OS. The van der Waals surface area contributed by atoms with Gasteiger partial charge in [-0.05, 0) is 44.5 Å². The molecule has 2 aromatic carbocycles. The number of anilines is 1. The van der Waals surface area contributed by atoms with E-state index in [0.717, 1.165) is 22.8 Å². The lowest BCUT2D eigenvalue weighted by Crippen LogP contribution is -2.15. The number of thioether (sulfide) groups is 1. The van der Waals surface area contributed by atoms with Gasteiger partial charge in [-0.25, -0.2) is 0 Å². The molecule has 0 saturated carbocycles. The summed E-state index contributed by atoms with van der Waals surface area (Å²) in [6.45, 7) is 5.93. The van der Waals surface area contributed by atoms with Crippen LogP contribution in [0.5, 0.6) is 0 Å². The predicted octanol–water partition coefficient (Wildman–Crippen LogP) is 3.92. The van der Waals surface area contributed by atoms with Gasteiger partial charge in [0.25, 0.3) is 0 Å². The third kappa shape index (κ3) is 4.09. The number of carbonyl (C=O) groups excluding carboxylic acids is 1. The van der Waals surface area contributed by atoms with Crippen LogP contribution >= 0.6 is 11.8 Å². The van der Waals surface area contributed by atoms with Gasteiger partial charge in [-0.2, -0.15) is 0 Å². The number of rotatable bonds is 5. The van der Waals surface area contributed by atoms with Gasteiger partial charge in [0.05, 0.1) is 5.75 Å². The van der Waals surface area contributed by atoms with Gasteiger partial charge in [0, 0.05) is 11.4 Å². The maximum atomic E-state index is 12.3. The van der Waals surface area contributed by atoms with E-state index in [1.807, 2.05) is 67.8 Å². The first-order valence-corrected chi connectivity index (χ1v) is 9.00. The van der Waals surface area contributed by atoms with Gasteiger partial charge in [-0.15, -0.1) is 10.2 Å². The summed E-state index contributed by atoms with van der Waals surface area (Å²) in [5.74, 6) is 1.01. The Bertz CT molecular complexity index is 890. The molecule has 0 bridgehead atoms.